The Morgan fingerprint density at radius 1 is 1.22 bits per heavy atom. The maximum absolute atomic E-state index is 12.7. The van der Waals surface area contributed by atoms with Gasteiger partial charge in [-0.3, -0.25) is 4.79 Å². The summed E-state index contributed by atoms with van der Waals surface area (Å²) in [4.78, 5) is 12.0. The first kappa shape index (κ1) is 16.6. The maximum atomic E-state index is 12.7. The van der Waals surface area contributed by atoms with Gasteiger partial charge < -0.3 is 10.7 Å². The van der Waals surface area contributed by atoms with Crippen molar-refractivity contribution in [3.8, 4) is 6.07 Å². The van der Waals surface area contributed by atoms with E-state index in [1.807, 2.05) is 4.98 Å². The number of benzene rings is 1. The number of rotatable bonds is 2. The summed E-state index contributed by atoms with van der Waals surface area (Å²) >= 11 is 0. The summed E-state index contributed by atoms with van der Waals surface area (Å²) in [5.74, 6) is -0.564. The summed E-state index contributed by atoms with van der Waals surface area (Å²) in [5, 5.41) is 8.77. The zero-order valence-electron chi connectivity index (χ0n) is 11.2. The van der Waals surface area contributed by atoms with Gasteiger partial charge in [0.05, 0.1) is 10.5 Å². The average molecular weight is 343 g/mol. The van der Waals surface area contributed by atoms with Crippen LogP contribution in [-0.4, -0.2) is 13.4 Å². The lowest BCUT2D eigenvalue weighted by Gasteiger charge is -2.11. The summed E-state index contributed by atoms with van der Waals surface area (Å²) in [6, 6.07) is 5.27. The van der Waals surface area contributed by atoms with Crippen LogP contribution in [0.2, 0.25) is 0 Å². The molecule has 1 heterocycles. The van der Waals surface area contributed by atoms with E-state index in [0.717, 1.165) is 24.3 Å². The molecule has 0 aliphatic heterocycles. The number of H-pyrrole nitrogens is 1. The Bertz CT molecular complexity index is 972. The van der Waals surface area contributed by atoms with Crippen molar-refractivity contribution >= 4 is 15.7 Å². The van der Waals surface area contributed by atoms with Crippen LogP contribution in [0.1, 0.15) is 11.1 Å². The van der Waals surface area contributed by atoms with Crippen molar-refractivity contribution < 1.29 is 21.6 Å². The summed E-state index contributed by atoms with van der Waals surface area (Å²) in [7, 11) is -4.45. The minimum atomic E-state index is -4.72. The van der Waals surface area contributed by atoms with Crippen molar-refractivity contribution in [2.45, 2.75) is 16.0 Å². The number of alkyl halides is 3. The highest BCUT2D eigenvalue weighted by Gasteiger charge is 2.32. The molecule has 10 heteroatoms. The van der Waals surface area contributed by atoms with E-state index in [1.54, 1.807) is 0 Å². The van der Waals surface area contributed by atoms with Crippen LogP contribution in [0.4, 0.5) is 19.0 Å². The molecule has 6 nitrogen and oxygen atoms in total. The first-order valence-corrected chi connectivity index (χ1v) is 7.41. The monoisotopic (exact) mass is 343 g/mol. The fourth-order valence-electron chi connectivity index (χ4n) is 1.80. The van der Waals surface area contributed by atoms with Crippen LogP contribution in [0.3, 0.4) is 0 Å². The summed E-state index contributed by atoms with van der Waals surface area (Å²) < 4.78 is 63.0. The molecule has 1 aromatic carbocycles. The second-order valence-corrected chi connectivity index (χ2v) is 6.35. The van der Waals surface area contributed by atoms with Crippen LogP contribution in [0, 0.1) is 11.3 Å². The van der Waals surface area contributed by atoms with Crippen molar-refractivity contribution in [2.24, 2.45) is 0 Å². The molecule has 0 unspecified atom stereocenters. The lowest BCUT2D eigenvalue weighted by molar-refractivity contribution is -0.137. The predicted octanol–water partition coefficient (Wildman–Crippen LogP) is 1.68. The molecule has 0 atom stereocenters. The Labute approximate surface area is 127 Å². The zero-order valence-corrected chi connectivity index (χ0v) is 12.0. The summed E-state index contributed by atoms with van der Waals surface area (Å²) in [6.07, 6.45) is -4.72. The van der Waals surface area contributed by atoms with Gasteiger partial charge in [-0.25, -0.2) is 8.42 Å². The Balaban J connectivity index is 2.70. The minimum Gasteiger partial charge on any atom is -0.384 e. The highest BCUT2D eigenvalue weighted by atomic mass is 32.2. The molecule has 0 bridgehead atoms. The molecule has 2 rings (SSSR count). The molecule has 23 heavy (non-hydrogen) atoms. The first-order chi connectivity index (χ1) is 10.6. The number of nitrogens with one attached hydrogen (secondary N) is 1. The van der Waals surface area contributed by atoms with Crippen LogP contribution in [0.5, 0.6) is 0 Å². The highest BCUT2D eigenvalue weighted by Crippen LogP contribution is 2.32. The van der Waals surface area contributed by atoms with Crippen LogP contribution in [-0.2, 0) is 16.0 Å². The SMILES string of the molecule is N#Cc1cc(S(=O)(=O)c2cccc(C(F)(F)F)c2)c(N)[nH]c1=O. The van der Waals surface area contributed by atoms with Gasteiger partial charge >= 0.3 is 6.18 Å². The molecule has 3 N–H and O–H groups in total. The fourth-order valence-corrected chi connectivity index (χ4v) is 3.20. The van der Waals surface area contributed by atoms with Gasteiger partial charge in [0, 0.05) is 0 Å². The van der Waals surface area contributed by atoms with Gasteiger partial charge in [-0.1, -0.05) is 6.07 Å². The third-order valence-electron chi connectivity index (χ3n) is 2.92. The minimum absolute atomic E-state index is 0.450. The highest BCUT2D eigenvalue weighted by molar-refractivity contribution is 7.91. The molecule has 0 spiro atoms. The van der Waals surface area contributed by atoms with Gasteiger partial charge in [0.1, 0.15) is 22.3 Å². The standard InChI is InChI=1S/C13H8F3N3O3S/c14-13(15,16)8-2-1-3-9(5-8)23(21,22)10-4-7(6-17)12(20)19-11(10)18/h1-5H,(H3,18,19,20). The molecule has 0 radical (unpaired) electrons. The van der Waals surface area contributed by atoms with Gasteiger partial charge in [0.25, 0.3) is 5.56 Å². The molecule has 120 valence electrons. The average Bonchev–Trinajstić information content (AvgIpc) is 2.46. The second-order valence-electron chi connectivity index (χ2n) is 4.43. The second kappa shape index (κ2) is 5.44. The molecule has 0 amide bonds. The first-order valence-electron chi connectivity index (χ1n) is 5.92. The molecule has 0 saturated carbocycles. The molecule has 0 fully saturated rings. The van der Waals surface area contributed by atoms with Crippen LogP contribution in [0.25, 0.3) is 0 Å². The van der Waals surface area contributed by atoms with E-state index in [2.05, 4.69) is 0 Å². The number of anilines is 1. The number of nitrogen functional groups attached to an aromatic ring is 1. The fraction of sp³-hybridized carbons (Fsp3) is 0.0769. The molecule has 2 aromatic rings. The van der Waals surface area contributed by atoms with Gasteiger partial charge in [-0.05, 0) is 24.3 Å². The van der Waals surface area contributed by atoms with Crippen LogP contribution < -0.4 is 11.3 Å². The molecule has 0 saturated heterocycles. The third kappa shape index (κ3) is 3.04. The number of pyridine rings is 1. The van der Waals surface area contributed by atoms with E-state index in [4.69, 9.17) is 11.0 Å². The summed E-state index contributed by atoms with van der Waals surface area (Å²) in [5.41, 5.74) is 2.86. The Kier molecular flexibility index (Phi) is 3.92. The lowest BCUT2D eigenvalue weighted by atomic mass is 10.2. The summed E-state index contributed by atoms with van der Waals surface area (Å²) in [6.45, 7) is 0. The van der Waals surface area contributed by atoms with Crippen molar-refractivity contribution in [3.63, 3.8) is 0 Å². The quantitative estimate of drug-likeness (QED) is 0.860. The predicted molar refractivity (Wildman–Crippen MR) is 73.1 cm³/mol. The number of nitriles is 1. The third-order valence-corrected chi connectivity index (χ3v) is 4.71. The number of nitrogens with zero attached hydrogens (tertiary/aromatic N) is 1. The van der Waals surface area contributed by atoms with E-state index in [1.165, 1.54) is 6.07 Å². The number of hydrogen-bond donors (Lipinski definition) is 2. The molecular weight excluding hydrogens is 335 g/mol. The Hall–Kier alpha value is -2.80. The maximum Gasteiger partial charge on any atom is 0.416 e. The van der Waals surface area contributed by atoms with Crippen molar-refractivity contribution in [3.05, 3.63) is 51.8 Å². The lowest BCUT2D eigenvalue weighted by Crippen LogP contribution is -2.17. The molecule has 1 aromatic heterocycles. The van der Waals surface area contributed by atoms with Gasteiger partial charge in [0.2, 0.25) is 9.84 Å². The van der Waals surface area contributed by atoms with E-state index in [9.17, 15) is 26.4 Å². The number of aromatic nitrogens is 1. The number of aromatic amines is 1. The zero-order chi connectivity index (χ0) is 17.4. The van der Waals surface area contributed by atoms with E-state index >= 15 is 0 Å². The van der Waals surface area contributed by atoms with Crippen LogP contribution in [0.15, 0.2) is 44.9 Å². The number of hydrogen-bond acceptors (Lipinski definition) is 5. The number of sulfone groups is 1. The largest absolute Gasteiger partial charge is 0.416 e. The number of halogens is 3. The van der Waals surface area contributed by atoms with E-state index in [-0.39, 0.29) is 0 Å². The number of nitrogens with two attached hydrogens (primary N) is 1. The van der Waals surface area contributed by atoms with Crippen molar-refractivity contribution in [1.29, 1.82) is 5.26 Å². The van der Waals surface area contributed by atoms with E-state index in [0.29, 0.717) is 6.07 Å². The smallest absolute Gasteiger partial charge is 0.384 e. The van der Waals surface area contributed by atoms with Crippen LogP contribution >= 0.6 is 0 Å². The van der Waals surface area contributed by atoms with Gasteiger partial charge in [0.15, 0.2) is 0 Å². The molecular formula is C13H8F3N3O3S. The topological polar surface area (TPSA) is 117 Å². The molecule has 0 aliphatic carbocycles. The van der Waals surface area contributed by atoms with E-state index < -0.39 is 48.3 Å². The van der Waals surface area contributed by atoms with Crippen molar-refractivity contribution in [2.75, 3.05) is 5.73 Å². The normalized spacial score (nSPS) is 11.9. The Morgan fingerprint density at radius 3 is 2.43 bits per heavy atom. The van der Waals surface area contributed by atoms with Crippen molar-refractivity contribution in [1.82, 2.24) is 4.98 Å². The Morgan fingerprint density at radius 2 is 1.87 bits per heavy atom. The van der Waals surface area contributed by atoms with Gasteiger partial charge in [-0.2, -0.15) is 18.4 Å². The molecule has 0 aliphatic rings. The van der Waals surface area contributed by atoms with Gasteiger partial charge in [-0.15, -0.1) is 0 Å².